The molecule has 0 saturated carbocycles. The van der Waals surface area contributed by atoms with Crippen molar-refractivity contribution in [1.82, 2.24) is 0 Å². The molecule has 3 nitrogen and oxygen atoms in total. The summed E-state index contributed by atoms with van der Waals surface area (Å²) in [6, 6.07) is 15.2. The highest BCUT2D eigenvalue weighted by Gasteiger charge is 2.43. The minimum absolute atomic E-state index is 0.0458. The van der Waals surface area contributed by atoms with Crippen molar-refractivity contribution >= 4 is 5.69 Å². The molecule has 3 aromatic carbocycles. The quantitative estimate of drug-likeness (QED) is 0.390. The van der Waals surface area contributed by atoms with Crippen molar-refractivity contribution in [2.24, 2.45) is 0 Å². The monoisotopic (exact) mass is 441 g/mol. The van der Waals surface area contributed by atoms with Crippen LogP contribution in [0.4, 0.5) is 32.0 Å². The summed E-state index contributed by atoms with van der Waals surface area (Å²) in [5, 5.41) is 3.04. The molecular formula is C22H17F6NO2. The van der Waals surface area contributed by atoms with Gasteiger partial charge in [0.15, 0.2) is 0 Å². The van der Waals surface area contributed by atoms with Crippen LogP contribution in [0, 0.1) is 11.6 Å². The Balaban J connectivity index is 1.59. The number of nitrogens with one attached hydrogen (secondary N) is 1. The first-order valence-electron chi connectivity index (χ1n) is 9.07. The van der Waals surface area contributed by atoms with Gasteiger partial charge in [-0.05, 0) is 47.5 Å². The van der Waals surface area contributed by atoms with Crippen LogP contribution in [0.25, 0.3) is 0 Å². The predicted molar refractivity (Wildman–Crippen MR) is 102 cm³/mol. The van der Waals surface area contributed by atoms with Crippen LogP contribution in [0.2, 0.25) is 0 Å². The fraction of sp³-hybridized carbons (Fsp3) is 0.182. The molecule has 0 amide bonds. The second kappa shape index (κ2) is 9.63. The lowest BCUT2D eigenvalue weighted by Gasteiger charge is -2.17. The van der Waals surface area contributed by atoms with Gasteiger partial charge in [-0.25, -0.2) is 8.78 Å². The molecule has 1 N–H and O–H groups in total. The third kappa shape index (κ3) is 6.56. The van der Waals surface area contributed by atoms with E-state index in [1.807, 2.05) is 0 Å². The highest BCUT2D eigenvalue weighted by molar-refractivity contribution is 5.49. The molecule has 0 fully saturated rings. The zero-order valence-corrected chi connectivity index (χ0v) is 15.9. The van der Waals surface area contributed by atoms with Crippen LogP contribution in [0.5, 0.6) is 11.5 Å². The summed E-state index contributed by atoms with van der Waals surface area (Å²) in [7, 11) is 0. The smallest absolute Gasteiger partial charge is 0.461 e. The average molecular weight is 441 g/mol. The number of alkyl halides is 4. The van der Waals surface area contributed by atoms with Gasteiger partial charge in [0, 0.05) is 24.4 Å². The van der Waals surface area contributed by atoms with Crippen LogP contribution in [0.1, 0.15) is 11.1 Å². The first kappa shape index (κ1) is 22.3. The lowest BCUT2D eigenvalue weighted by atomic mass is 10.2. The Morgan fingerprint density at radius 2 is 1.48 bits per heavy atom. The molecule has 0 spiro atoms. The van der Waals surface area contributed by atoms with Gasteiger partial charge >= 0.3 is 12.5 Å². The lowest BCUT2D eigenvalue weighted by Crippen LogP contribution is -2.33. The van der Waals surface area contributed by atoms with E-state index < -0.39 is 24.2 Å². The number of ether oxygens (including phenoxy) is 2. The number of halogens is 6. The second-order valence-corrected chi connectivity index (χ2v) is 6.56. The van der Waals surface area contributed by atoms with Gasteiger partial charge in [-0.2, -0.15) is 17.6 Å². The van der Waals surface area contributed by atoms with Crippen molar-refractivity contribution in [2.75, 3.05) is 5.32 Å². The van der Waals surface area contributed by atoms with E-state index in [0.717, 1.165) is 24.3 Å². The predicted octanol–water partition coefficient (Wildman–Crippen LogP) is 6.39. The second-order valence-electron chi connectivity index (χ2n) is 6.56. The van der Waals surface area contributed by atoms with Gasteiger partial charge in [-0.1, -0.05) is 18.2 Å². The molecule has 0 aliphatic carbocycles. The number of anilines is 1. The maximum Gasteiger partial charge on any atom is 0.461 e. The van der Waals surface area contributed by atoms with Crippen molar-refractivity contribution < 1.29 is 35.8 Å². The van der Waals surface area contributed by atoms with E-state index in [0.29, 0.717) is 22.6 Å². The van der Waals surface area contributed by atoms with Gasteiger partial charge in [0.05, 0.1) is 0 Å². The Hall–Kier alpha value is -3.36. The molecule has 3 rings (SSSR count). The Morgan fingerprint density at radius 1 is 0.806 bits per heavy atom. The fourth-order valence-electron chi connectivity index (χ4n) is 2.68. The number of rotatable bonds is 9. The van der Waals surface area contributed by atoms with Crippen LogP contribution in [0.15, 0.2) is 66.7 Å². The van der Waals surface area contributed by atoms with Crippen LogP contribution in [-0.4, -0.2) is 12.5 Å². The van der Waals surface area contributed by atoms with Crippen LogP contribution in [-0.2, 0) is 13.2 Å². The molecule has 0 atom stereocenters. The molecule has 31 heavy (non-hydrogen) atoms. The van der Waals surface area contributed by atoms with E-state index in [9.17, 15) is 26.3 Å². The molecule has 0 saturated heterocycles. The Bertz CT molecular complexity index is 1010. The van der Waals surface area contributed by atoms with E-state index in [-0.39, 0.29) is 18.9 Å². The van der Waals surface area contributed by atoms with Crippen molar-refractivity contribution in [2.45, 2.75) is 25.7 Å². The summed E-state index contributed by atoms with van der Waals surface area (Å²) in [4.78, 5) is 0. The molecule has 3 aromatic rings. The van der Waals surface area contributed by atoms with Gasteiger partial charge in [0.25, 0.3) is 0 Å². The molecule has 0 unspecified atom stereocenters. The molecule has 9 heteroatoms. The Labute approximate surface area is 174 Å². The molecular weight excluding hydrogens is 424 g/mol. The fourth-order valence-corrected chi connectivity index (χ4v) is 2.68. The van der Waals surface area contributed by atoms with Crippen LogP contribution < -0.4 is 14.8 Å². The van der Waals surface area contributed by atoms with E-state index in [1.165, 1.54) is 12.1 Å². The maximum absolute atomic E-state index is 13.2. The minimum Gasteiger partial charge on any atom is -0.489 e. The van der Waals surface area contributed by atoms with Gasteiger partial charge in [-0.15, -0.1) is 0 Å². The first-order valence-corrected chi connectivity index (χ1v) is 9.07. The molecule has 0 heterocycles. The third-order valence-corrected chi connectivity index (χ3v) is 4.06. The molecule has 0 aliphatic rings. The number of benzene rings is 3. The van der Waals surface area contributed by atoms with Crippen LogP contribution >= 0.6 is 0 Å². The van der Waals surface area contributed by atoms with E-state index >= 15 is 0 Å². The van der Waals surface area contributed by atoms with E-state index in [1.54, 1.807) is 30.3 Å². The standard InChI is InChI=1S/C22H17F6NO2/c23-16-7-15(8-17(24)10-16)13-30-19-5-2-4-18(11-19)29-12-14-3-1-6-20(9-14)31-22(27,28)21(25)26/h1-11,21,29H,12-13H2. The average Bonchev–Trinajstić information content (AvgIpc) is 2.70. The highest BCUT2D eigenvalue weighted by atomic mass is 19.3. The zero-order valence-electron chi connectivity index (χ0n) is 15.9. The van der Waals surface area contributed by atoms with Gasteiger partial charge < -0.3 is 14.8 Å². The van der Waals surface area contributed by atoms with Gasteiger partial charge in [0.1, 0.15) is 29.7 Å². The van der Waals surface area contributed by atoms with Crippen LogP contribution in [0.3, 0.4) is 0 Å². The summed E-state index contributed by atoms with van der Waals surface area (Å²) < 4.78 is 86.8. The van der Waals surface area contributed by atoms with E-state index in [2.05, 4.69) is 10.1 Å². The summed E-state index contributed by atoms with van der Waals surface area (Å²) in [5.41, 5.74) is 1.46. The number of hydrogen-bond donors (Lipinski definition) is 1. The molecule has 0 bridgehead atoms. The minimum atomic E-state index is -4.58. The zero-order chi connectivity index (χ0) is 22.4. The molecule has 164 valence electrons. The van der Waals surface area contributed by atoms with Crippen molar-refractivity contribution in [3.63, 3.8) is 0 Å². The third-order valence-electron chi connectivity index (χ3n) is 4.06. The largest absolute Gasteiger partial charge is 0.489 e. The lowest BCUT2D eigenvalue weighted by molar-refractivity contribution is -0.253. The molecule has 0 aromatic heterocycles. The summed E-state index contributed by atoms with van der Waals surface area (Å²) in [6.07, 6.45) is -8.52. The topological polar surface area (TPSA) is 30.5 Å². The molecule has 0 aliphatic heterocycles. The maximum atomic E-state index is 13.2. The SMILES string of the molecule is Fc1cc(F)cc(COc2cccc(NCc3cccc(OC(F)(F)C(F)F)c3)c2)c1. The Morgan fingerprint density at radius 3 is 2.19 bits per heavy atom. The molecule has 0 radical (unpaired) electrons. The number of hydrogen-bond acceptors (Lipinski definition) is 3. The highest BCUT2D eigenvalue weighted by Crippen LogP contribution is 2.28. The first-order chi connectivity index (χ1) is 14.7. The van der Waals surface area contributed by atoms with E-state index in [4.69, 9.17) is 4.74 Å². The van der Waals surface area contributed by atoms with Crippen molar-refractivity contribution in [3.05, 3.63) is 89.5 Å². The summed E-state index contributed by atoms with van der Waals surface area (Å²) in [6.45, 7) is 0.145. The van der Waals surface area contributed by atoms with Gasteiger partial charge in [-0.3, -0.25) is 0 Å². The van der Waals surface area contributed by atoms with Crippen molar-refractivity contribution in [1.29, 1.82) is 0 Å². The Kier molecular flexibility index (Phi) is 6.94. The van der Waals surface area contributed by atoms with Crippen molar-refractivity contribution in [3.8, 4) is 11.5 Å². The summed E-state index contributed by atoms with van der Waals surface area (Å²) >= 11 is 0. The van der Waals surface area contributed by atoms with Gasteiger partial charge in [0.2, 0.25) is 0 Å². The normalized spacial score (nSPS) is 11.5. The summed E-state index contributed by atoms with van der Waals surface area (Å²) in [5.74, 6) is -1.36.